The first-order valence-corrected chi connectivity index (χ1v) is 15.5. The van der Waals surface area contributed by atoms with Crippen LogP contribution in [0, 0.1) is 5.92 Å². The Balaban J connectivity index is 0.979. The summed E-state index contributed by atoms with van der Waals surface area (Å²) in [5.74, 6) is 0.583. The second-order valence-corrected chi connectivity index (χ2v) is 12.7. The van der Waals surface area contributed by atoms with Gasteiger partial charge in [0.15, 0.2) is 11.6 Å². The number of nitrogen functional groups attached to an aromatic ring is 1. The number of fused-ring (bicyclic) bond motifs is 1. The van der Waals surface area contributed by atoms with Crippen LogP contribution in [0.1, 0.15) is 27.2 Å². The highest BCUT2D eigenvalue weighted by molar-refractivity contribution is 6.00. The Kier molecular flexibility index (Phi) is 8.59. The number of benzene rings is 2. The van der Waals surface area contributed by atoms with E-state index >= 15 is 0 Å². The fourth-order valence-corrected chi connectivity index (χ4v) is 5.87. The van der Waals surface area contributed by atoms with Crippen molar-refractivity contribution in [2.45, 2.75) is 32.8 Å². The van der Waals surface area contributed by atoms with Gasteiger partial charge in [-0.2, -0.15) is 4.68 Å². The summed E-state index contributed by atoms with van der Waals surface area (Å²) in [5, 5.41) is 7.65. The molecule has 2 amide bonds. The number of anilines is 3. The number of aromatic nitrogens is 4. The van der Waals surface area contributed by atoms with Crippen molar-refractivity contribution in [2.24, 2.45) is 5.92 Å². The summed E-state index contributed by atoms with van der Waals surface area (Å²) in [5.41, 5.74) is 8.53. The van der Waals surface area contributed by atoms with Gasteiger partial charge in [0.05, 0.1) is 18.0 Å². The number of amides is 2. The molecular formula is C33H39N9O4. The minimum atomic E-state index is -0.680. The van der Waals surface area contributed by atoms with Gasteiger partial charge in [-0.3, -0.25) is 14.5 Å². The van der Waals surface area contributed by atoms with Crippen LogP contribution in [0.25, 0.3) is 22.3 Å². The third-order valence-corrected chi connectivity index (χ3v) is 8.23. The Morgan fingerprint density at radius 2 is 1.70 bits per heavy atom. The third kappa shape index (κ3) is 6.94. The highest BCUT2D eigenvalue weighted by atomic mass is 16.6. The lowest BCUT2D eigenvalue weighted by Gasteiger charge is -2.36. The lowest BCUT2D eigenvalue weighted by Crippen LogP contribution is -2.51. The average Bonchev–Trinajstić information content (AvgIpc) is 3.65. The molecule has 240 valence electrons. The normalized spacial score (nSPS) is 17.3. The molecule has 4 aromatic rings. The molecule has 2 aliphatic rings. The molecule has 6 rings (SSSR count). The minimum Gasteiger partial charge on any atom is -0.442 e. The predicted molar refractivity (Wildman–Crippen MR) is 175 cm³/mol. The molecule has 2 aromatic carbocycles. The van der Waals surface area contributed by atoms with E-state index in [1.54, 1.807) is 57.4 Å². The highest BCUT2D eigenvalue weighted by Gasteiger charge is 2.31. The van der Waals surface area contributed by atoms with E-state index in [1.807, 2.05) is 17.0 Å². The minimum absolute atomic E-state index is 0.0835. The van der Waals surface area contributed by atoms with Gasteiger partial charge < -0.3 is 25.6 Å². The molecule has 4 heterocycles. The Morgan fingerprint density at radius 1 is 0.978 bits per heavy atom. The summed E-state index contributed by atoms with van der Waals surface area (Å²) in [6.45, 7) is 9.62. The van der Waals surface area contributed by atoms with E-state index in [1.165, 1.54) is 0 Å². The molecule has 2 aromatic heterocycles. The maximum atomic E-state index is 13.1. The Morgan fingerprint density at radius 3 is 2.39 bits per heavy atom. The van der Waals surface area contributed by atoms with Crippen LogP contribution in [0.4, 0.5) is 22.0 Å². The van der Waals surface area contributed by atoms with Crippen molar-refractivity contribution in [3.63, 3.8) is 0 Å². The highest BCUT2D eigenvalue weighted by Crippen LogP contribution is 2.27. The third-order valence-electron chi connectivity index (χ3n) is 8.23. The number of carbonyl (C=O) groups is 3. The van der Waals surface area contributed by atoms with Crippen molar-refractivity contribution in [1.29, 1.82) is 0 Å². The van der Waals surface area contributed by atoms with Gasteiger partial charge in [0.2, 0.25) is 11.8 Å². The quantitative estimate of drug-likeness (QED) is 0.326. The molecular weight excluding hydrogens is 586 g/mol. The van der Waals surface area contributed by atoms with Crippen LogP contribution in [-0.2, 0) is 14.3 Å². The maximum absolute atomic E-state index is 13.1. The number of carbonyl (C=O) groups excluding carboxylic acids is 3. The first-order valence-electron chi connectivity index (χ1n) is 15.5. The molecule has 13 nitrogen and oxygen atoms in total. The van der Waals surface area contributed by atoms with E-state index in [4.69, 9.17) is 10.5 Å². The molecule has 2 aliphatic heterocycles. The fraction of sp³-hybridized carbons (Fsp3) is 0.394. The second-order valence-electron chi connectivity index (χ2n) is 12.7. The van der Waals surface area contributed by atoms with E-state index < -0.39 is 11.7 Å². The summed E-state index contributed by atoms with van der Waals surface area (Å²) in [4.78, 5) is 53.7. The molecule has 0 aliphatic carbocycles. The van der Waals surface area contributed by atoms with Crippen molar-refractivity contribution < 1.29 is 19.1 Å². The smallest absolute Gasteiger partial charge is 0.435 e. The number of hydrogen-bond acceptors (Lipinski definition) is 10. The van der Waals surface area contributed by atoms with Gasteiger partial charge in [0.1, 0.15) is 5.60 Å². The molecule has 0 saturated carbocycles. The Hall–Kier alpha value is -5.04. The summed E-state index contributed by atoms with van der Waals surface area (Å²) in [7, 11) is 0. The number of piperazine rings is 1. The molecule has 46 heavy (non-hydrogen) atoms. The van der Waals surface area contributed by atoms with E-state index in [0.717, 1.165) is 29.0 Å². The number of ether oxygens (including phenoxy) is 1. The van der Waals surface area contributed by atoms with Gasteiger partial charge >= 0.3 is 6.09 Å². The van der Waals surface area contributed by atoms with Gasteiger partial charge in [0, 0.05) is 67.4 Å². The lowest BCUT2D eigenvalue weighted by atomic mass is 10.1. The fourth-order valence-electron chi connectivity index (χ4n) is 5.87. The molecule has 1 atom stereocenters. The SMILES string of the molecule is CC(C)(C)OC(=O)n1nc(N)c2cc(NC(=O)[C@@H]3CCN(CC(=O)N4CCN(c5ccc(-c6ncccn6)cc5)CC4)C3)ccc21. The van der Waals surface area contributed by atoms with Crippen LogP contribution in [0.2, 0.25) is 0 Å². The summed E-state index contributed by atoms with van der Waals surface area (Å²) >= 11 is 0. The van der Waals surface area contributed by atoms with E-state index in [-0.39, 0.29) is 23.6 Å². The Labute approximate surface area is 267 Å². The van der Waals surface area contributed by atoms with Gasteiger partial charge in [0.25, 0.3) is 0 Å². The topological polar surface area (TPSA) is 152 Å². The van der Waals surface area contributed by atoms with E-state index in [0.29, 0.717) is 61.6 Å². The number of nitrogens with zero attached hydrogens (tertiary/aromatic N) is 7. The predicted octanol–water partition coefficient (Wildman–Crippen LogP) is 3.47. The van der Waals surface area contributed by atoms with Crippen LogP contribution >= 0.6 is 0 Å². The zero-order chi connectivity index (χ0) is 32.4. The molecule has 3 N–H and O–H groups in total. The molecule has 0 bridgehead atoms. The van der Waals surface area contributed by atoms with Crippen molar-refractivity contribution in [3.8, 4) is 11.4 Å². The van der Waals surface area contributed by atoms with E-state index in [9.17, 15) is 14.4 Å². The Bertz CT molecular complexity index is 1730. The molecule has 0 unspecified atom stereocenters. The molecule has 0 radical (unpaired) electrons. The van der Waals surface area contributed by atoms with Crippen molar-refractivity contribution in [2.75, 3.05) is 61.8 Å². The van der Waals surface area contributed by atoms with Gasteiger partial charge in [-0.05, 0) is 82.3 Å². The summed E-state index contributed by atoms with van der Waals surface area (Å²) < 4.78 is 6.55. The zero-order valence-corrected chi connectivity index (χ0v) is 26.3. The number of rotatable bonds is 6. The average molecular weight is 626 g/mol. The zero-order valence-electron chi connectivity index (χ0n) is 26.3. The second kappa shape index (κ2) is 12.8. The van der Waals surface area contributed by atoms with Gasteiger partial charge in [-0.1, -0.05) is 0 Å². The number of likely N-dealkylation sites (tertiary alicyclic amines) is 1. The van der Waals surface area contributed by atoms with Crippen molar-refractivity contribution >= 4 is 46.0 Å². The van der Waals surface area contributed by atoms with Crippen molar-refractivity contribution in [3.05, 3.63) is 60.9 Å². The van der Waals surface area contributed by atoms with Gasteiger partial charge in [-0.25, -0.2) is 14.8 Å². The largest absolute Gasteiger partial charge is 0.442 e. The summed E-state index contributed by atoms with van der Waals surface area (Å²) in [6.07, 6.45) is 3.50. The van der Waals surface area contributed by atoms with E-state index in [2.05, 4.69) is 42.3 Å². The summed E-state index contributed by atoms with van der Waals surface area (Å²) in [6, 6.07) is 15.1. The van der Waals surface area contributed by atoms with Crippen molar-refractivity contribution in [1.82, 2.24) is 29.5 Å². The standard InChI is InChI=1S/C33H39N9O4/c1-33(2,3)46-32(45)42-27-10-7-24(19-26(27)29(34)38-42)37-31(44)23-11-14-39(20-23)21-28(43)41-17-15-40(16-18-41)25-8-5-22(6-9-25)30-35-12-4-13-36-30/h4-10,12-13,19,23H,11,14-18,20-21H2,1-3H3,(H2,34,38)(H,37,44)/t23-/m1/s1. The lowest BCUT2D eigenvalue weighted by molar-refractivity contribution is -0.132. The number of nitrogens with one attached hydrogen (secondary N) is 1. The molecule has 2 fully saturated rings. The number of nitrogens with two attached hydrogens (primary N) is 1. The van der Waals surface area contributed by atoms with Crippen LogP contribution in [0.15, 0.2) is 60.9 Å². The molecule has 0 spiro atoms. The molecule has 2 saturated heterocycles. The first-order chi connectivity index (χ1) is 22.0. The number of hydrogen-bond donors (Lipinski definition) is 2. The molecule has 13 heteroatoms. The van der Waals surface area contributed by atoms with Crippen LogP contribution < -0.4 is 16.0 Å². The maximum Gasteiger partial charge on any atom is 0.435 e. The monoisotopic (exact) mass is 625 g/mol. The van der Waals surface area contributed by atoms with Crippen LogP contribution in [-0.4, -0.2) is 98.9 Å². The van der Waals surface area contributed by atoms with Crippen LogP contribution in [0.5, 0.6) is 0 Å². The first kappa shape index (κ1) is 31.0. The van der Waals surface area contributed by atoms with Gasteiger partial charge in [-0.15, -0.1) is 5.10 Å². The van der Waals surface area contributed by atoms with Crippen LogP contribution in [0.3, 0.4) is 0 Å².